The second-order valence-electron chi connectivity index (χ2n) is 6.23. The largest absolute Gasteiger partial charge is 0.494 e. The molecule has 0 spiro atoms. The van der Waals surface area contributed by atoms with E-state index in [1.807, 2.05) is 38.1 Å². The van der Waals surface area contributed by atoms with Crippen molar-refractivity contribution >= 4 is 5.91 Å². The van der Waals surface area contributed by atoms with Crippen LogP contribution in [0.1, 0.15) is 43.4 Å². The Kier molecular flexibility index (Phi) is 4.84. The van der Waals surface area contributed by atoms with Gasteiger partial charge in [-0.3, -0.25) is 4.79 Å². The highest BCUT2D eigenvalue weighted by atomic mass is 19.1. The molecular weight excluding hydrogens is 305 g/mol. The van der Waals surface area contributed by atoms with Crippen LogP contribution in [0, 0.1) is 11.7 Å². The van der Waals surface area contributed by atoms with E-state index in [0.717, 1.165) is 23.3 Å². The predicted molar refractivity (Wildman–Crippen MR) is 91.4 cm³/mol. The molecule has 24 heavy (non-hydrogen) atoms. The summed E-state index contributed by atoms with van der Waals surface area (Å²) in [7, 11) is 0. The molecule has 126 valence electrons. The van der Waals surface area contributed by atoms with Gasteiger partial charge in [0.05, 0.1) is 12.6 Å². The summed E-state index contributed by atoms with van der Waals surface area (Å²) >= 11 is 0. The lowest BCUT2D eigenvalue weighted by Crippen LogP contribution is -2.28. The average molecular weight is 327 g/mol. The van der Waals surface area contributed by atoms with Gasteiger partial charge in [0.25, 0.3) is 0 Å². The summed E-state index contributed by atoms with van der Waals surface area (Å²) < 4.78 is 18.4. The topological polar surface area (TPSA) is 38.3 Å². The first kappa shape index (κ1) is 16.5. The van der Waals surface area contributed by atoms with Crippen LogP contribution in [-0.2, 0) is 4.79 Å². The van der Waals surface area contributed by atoms with Crippen LogP contribution < -0.4 is 10.1 Å². The van der Waals surface area contributed by atoms with Crippen LogP contribution in [0.3, 0.4) is 0 Å². The lowest BCUT2D eigenvalue weighted by molar-refractivity contribution is -0.123. The SMILES string of the molecule is CCOc1ccc(C(C)NC(=O)C2CC2c2ccc(F)cc2)cc1. The van der Waals surface area contributed by atoms with Crippen molar-refractivity contribution in [3.63, 3.8) is 0 Å². The van der Waals surface area contributed by atoms with Gasteiger partial charge in [0.1, 0.15) is 11.6 Å². The van der Waals surface area contributed by atoms with Crippen LogP contribution in [0.15, 0.2) is 48.5 Å². The van der Waals surface area contributed by atoms with E-state index in [9.17, 15) is 9.18 Å². The Morgan fingerprint density at radius 1 is 1.21 bits per heavy atom. The number of amides is 1. The van der Waals surface area contributed by atoms with Crippen molar-refractivity contribution in [1.29, 1.82) is 0 Å². The van der Waals surface area contributed by atoms with Gasteiger partial charge < -0.3 is 10.1 Å². The zero-order chi connectivity index (χ0) is 17.1. The van der Waals surface area contributed by atoms with Crippen molar-refractivity contribution < 1.29 is 13.9 Å². The van der Waals surface area contributed by atoms with E-state index in [1.54, 1.807) is 12.1 Å². The van der Waals surface area contributed by atoms with Gasteiger partial charge >= 0.3 is 0 Å². The van der Waals surface area contributed by atoms with Crippen LogP contribution in [0.2, 0.25) is 0 Å². The molecular formula is C20H22FNO2. The second kappa shape index (κ2) is 7.04. The number of carbonyl (C=O) groups excluding carboxylic acids is 1. The minimum absolute atomic E-state index is 0.0133. The first-order valence-electron chi connectivity index (χ1n) is 8.37. The van der Waals surface area contributed by atoms with E-state index in [0.29, 0.717) is 6.61 Å². The zero-order valence-electron chi connectivity index (χ0n) is 14.0. The third-order valence-corrected chi connectivity index (χ3v) is 4.48. The molecule has 0 saturated heterocycles. The maximum absolute atomic E-state index is 13.0. The fraction of sp³-hybridized carbons (Fsp3) is 0.350. The van der Waals surface area contributed by atoms with Gasteiger partial charge in [0, 0.05) is 5.92 Å². The third kappa shape index (κ3) is 3.75. The van der Waals surface area contributed by atoms with Crippen molar-refractivity contribution in [2.24, 2.45) is 5.92 Å². The number of halogens is 1. The molecule has 0 radical (unpaired) electrons. The van der Waals surface area contributed by atoms with Gasteiger partial charge in [-0.2, -0.15) is 0 Å². The molecule has 1 aliphatic rings. The van der Waals surface area contributed by atoms with Gasteiger partial charge in [-0.15, -0.1) is 0 Å². The molecule has 2 aromatic rings. The molecule has 3 rings (SSSR count). The van der Waals surface area contributed by atoms with Crippen molar-refractivity contribution in [1.82, 2.24) is 5.32 Å². The van der Waals surface area contributed by atoms with E-state index < -0.39 is 0 Å². The molecule has 4 heteroatoms. The number of hydrogen-bond donors (Lipinski definition) is 1. The lowest BCUT2D eigenvalue weighted by Gasteiger charge is -2.15. The van der Waals surface area contributed by atoms with E-state index in [4.69, 9.17) is 4.74 Å². The van der Waals surface area contributed by atoms with Crippen LogP contribution in [-0.4, -0.2) is 12.5 Å². The van der Waals surface area contributed by atoms with Crippen molar-refractivity contribution in [2.45, 2.75) is 32.2 Å². The smallest absolute Gasteiger partial charge is 0.224 e. The summed E-state index contributed by atoms with van der Waals surface area (Å²) in [5, 5.41) is 3.07. The Morgan fingerprint density at radius 3 is 2.50 bits per heavy atom. The number of ether oxygens (including phenoxy) is 1. The molecule has 0 bridgehead atoms. The fourth-order valence-corrected chi connectivity index (χ4v) is 2.99. The molecule has 1 amide bonds. The summed E-state index contributed by atoms with van der Waals surface area (Å²) in [6, 6.07) is 14.2. The van der Waals surface area contributed by atoms with Crippen molar-refractivity contribution in [3.8, 4) is 5.75 Å². The van der Waals surface area contributed by atoms with Gasteiger partial charge in [-0.05, 0) is 61.6 Å². The Hall–Kier alpha value is -2.36. The second-order valence-corrected chi connectivity index (χ2v) is 6.23. The van der Waals surface area contributed by atoms with Crippen LogP contribution in [0.25, 0.3) is 0 Å². The Balaban J connectivity index is 1.56. The predicted octanol–water partition coefficient (Wildman–Crippen LogP) is 4.21. The zero-order valence-corrected chi connectivity index (χ0v) is 14.0. The third-order valence-electron chi connectivity index (χ3n) is 4.48. The fourth-order valence-electron chi connectivity index (χ4n) is 2.99. The molecule has 0 heterocycles. The van der Waals surface area contributed by atoms with E-state index in [1.165, 1.54) is 12.1 Å². The minimum atomic E-state index is -0.246. The number of rotatable bonds is 6. The molecule has 0 aromatic heterocycles. The van der Waals surface area contributed by atoms with E-state index in [2.05, 4.69) is 5.32 Å². The van der Waals surface area contributed by atoms with Gasteiger partial charge in [-0.25, -0.2) is 4.39 Å². The van der Waals surface area contributed by atoms with Gasteiger partial charge in [-0.1, -0.05) is 24.3 Å². The van der Waals surface area contributed by atoms with Crippen LogP contribution >= 0.6 is 0 Å². The summed E-state index contributed by atoms with van der Waals surface area (Å²) in [5.74, 6) is 0.840. The summed E-state index contributed by atoms with van der Waals surface area (Å²) in [5.41, 5.74) is 2.08. The molecule has 1 saturated carbocycles. The summed E-state index contributed by atoms with van der Waals surface area (Å²) in [6.07, 6.45) is 0.827. The van der Waals surface area contributed by atoms with Crippen LogP contribution in [0.4, 0.5) is 4.39 Å². The Bertz CT molecular complexity index is 697. The summed E-state index contributed by atoms with van der Waals surface area (Å²) in [6.45, 7) is 4.56. The average Bonchev–Trinajstić information content (AvgIpc) is 3.37. The van der Waals surface area contributed by atoms with Gasteiger partial charge in [0.15, 0.2) is 0 Å². The molecule has 3 atom stereocenters. The quantitative estimate of drug-likeness (QED) is 0.863. The molecule has 1 fully saturated rings. The highest BCUT2D eigenvalue weighted by Crippen LogP contribution is 2.47. The van der Waals surface area contributed by atoms with E-state index in [-0.39, 0.29) is 29.6 Å². The molecule has 0 aliphatic heterocycles. The number of benzene rings is 2. The standard InChI is InChI=1S/C20H22FNO2/c1-3-24-17-10-6-14(7-11-17)13(2)22-20(23)19-12-18(19)15-4-8-16(21)9-5-15/h4-11,13,18-19H,3,12H2,1-2H3,(H,22,23). The first-order chi connectivity index (χ1) is 11.6. The maximum Gasteiger partial charge on any atom is 0.224 e. The summed E-state index contributed by atoms with van der Waals surface area (Å²) in [4.78, 5) is 12.4. The number of carbonyl (C=O) groups is 1. The van der Waals surface area contributed by atoms with Crippen molar-refractivity contribution in [2.75, 3.05) is 6.61 Å². The van der Waals surface area contributed by atoms with E-state index >= 15 is 0 Å². The Morgan fingerprint density at radius 2 is 1.88 bits per heavy atom. The molecule has 1 N–H and O–H groups in total. The van der Waals surface area contributed by atoms with Crippen LogP contribution in [0.5, 0.6) is 5.75 Å². The highest BCUT2D eigenvalue weighted by molar-refractivity contribution is 5.83. The molecule has 3 unspecified atom stereocenters. The lowest BCUT2D eigenvalue weighted by atomic mass is 10.1. The molecule has 1 aliphatic carbocycles. The Labute approximate surface area is 141 Å². The maximum atomic E-state index is 13.0. The monoisotopic (exact) mass is 327 g/mol. The first-order valence-corrected chi connectivity index (χ1v) is 8.37. The normalized spacial score (nSPS) is 20.3. The van der Waals surface area contributed by atoms with Crippen molar-refractivity contribution in [3.05, 3.63) is 65.5 Å². The number of hydrogen-bond acceptors (Lipinski definition) is 2. The number of nitrogens with one attached hydrogen (secondary N) is 1. The molecule has 3 nitrogen and oxygen atoms in total. The molecule has 2 aromatic carbocycles. The highest BCUT2D eigenvalue weighted by Gasteiger charge is 2.44. The minimum Gasteiger partial charge on any atom is -0.494 e. The van der Waals surface area contributed by atoms with Gasteiger partial charge in [0.2, 0.25) is 5.91 Å².